The van der Waals surface area contributed by atoms with Crippen LogP contribution in [0.5, 0.6) is 5.75 Å². The number of hydrogen-bond acceptors (Lipinski definition) is 5. The molecule has 0 radical (unpaired) electrons. The lowest BCUT2D eigenvalue weighted by Crippen LogP contribution is -2.44. The van der Waals surface area contributed by atoms with Gasteiger partial charge >= 0.3 is 0 Å². The summed E-state index contributed by atoms with van der Waals surface area (Å²) in [6.45, 7) is 5.64. The Bertz CT molecular complexity index is 951. The van der Waals surface area contributed by atoms with Crippen molar-refractivity contribution in [1.29, 1.82) is 0 Å². The van der Waals surface area contributed by atoms with Crippen molar-refractivity contribution >= 4 is 17.5 Å². The van der Waals surface area contributed by atoms with Gasteiger partial charge in [-0.2, -0.15) is 0 Å². The fourth-order valence-corrected chi connectivity index (χ4v) is 3.54. The van der Waals surface area contributed by atoms with Gasteiger partial charge in [0.15, 0.2) is 0 Å². The smallest absolute Gasteiger partial charge is 0.257 e. The van der Waals surface area contributed by atoms with Crippen LogP contribution in [0.1, 0.15) is 34.6 Å². The van der Waals surface area contributed by atoms with Gasteiger partial charge < -0.3 is 25.0 Å². The molecule has 7 nitrogen and oxygen atoms in total. The molecule has 172 valence electrons. The van der Waals surface area contributed by atoms with E-state index in [2.05, 4.69) is 17.6 Å². The van der Waals surface area contributed by atoms with Crippen molar-refractivity contribution in [2.24, 2.45) is 5.92 Å². The number of halogens is 1. The Morgan fingerprint density at radius 2 is 1.94 bits per heavy atom. The summed E-state index contributed by atoms with van der Waals surface area (Å²) < 4.78 is 24.7. The van der Waals surface area contributed by atoms with Crippen LogP contribution in [-0.4, -0.2) is 62.7 Å². The molecule has 1 heterocycles. The Hall–Kier alpha value is -2.97. The van der Waals surface area contributed by atoms with Crippen molar-refractivity contribution < 1.29 is 23.5 Å². The number of likely N-dealkylation sites (N-methyl/N-ethyl adjacent to an activating group) is 1. The van der Waals surface area contributed by atoms with Crippen molar-refractivity contribution in [3.05, 3.63) is 59.4 Å². The van der Waals surface area contributed by atoms with Gasteiger partial charge in [-0.25, -0.2) is 4.39 Å². The number of ether oxygens (including phenoxy) is 2. The number of benzene rings is 2. The third kappa shape index (κ3) is 5.83. The normalized spacial score (nSPS) is 22.2. The standard InChI is InChI=1S/C24H30FN3O4/c1-15-12-26-16(2)14-32-21-10-9-19(27-23(29)17-5-7-18(25)8-6-17)11-20(21)24(30)28(3)13-22(15)31-4/h5-11,15-16,22,26H,12-14H2,1-4H3,(H,27,29)/t15-,16-,22-/m0/s1. The lowest BCUT2D eigenvalue weighted by Gasteiger charge is -2.30. The van der Waals surface area contributed by atoms with E-state index in [0.717, 1.165) is 6.54 Å². The van der Waals surface area contributed by atoms with Gasteiger partial charge in [0.25, 0.3) is 11.8 Å². The molecular formula is C24H30FN3O4. The molecule has 3 atom stereocenters. The minimum absolute atomic E-state index is 0.0768. The summed E-state index contributed by atoms with van der Waals surface area (Å²) in [5, 5.41) is 6.20. The van der Waals surface area contributed by atoms with Gasteiger partial charge in [-0.1, -0.05) is 6.92 Å². The van der Waals surface area contributed by atoms with Crippen LogP contribution in [0, 0.1) is 11.7 Å². The number of anilines is 1. The molecule has 0 bridgehead atoms. The highest BCUT2D eigenvalue weighted by Crippen LogP contribution is 2.26. The van der Waals surface area contributed by atoms with Crippen LogP contribution in [0.4, 0.5) is 10.1 Å². The minimum Gasteiger partial charge on any atom is -0.491 e. The zero-order valence-corrected chi connectivity index (χ0v) is 18.9. The molecule has 2 N–H and O–H groups in total. The zero-order chi connectivity index (χ0) is 23.3. The third-order valence-corrected chi connectivity index (χ3v) is 5.59. The highest BCUT2D eigenvalue weighted by Gasteiger charge is 2.25. The molecule has 3 rings (SSSR count). The number of carbonyl (C=O) groups excluding carboxylic acids is 2. The lowest BCUT2D eigenvalue weighted by molar-refractivity contribution is 0.0281. The fourth-order valence-electron chi connectivity index (χ4n) is 3.54. The molecule has 2 aromatic carbocycles. The molecule has 32 heavy (non-hydrogen) atoms. The minimum atomic E-state index is -0.417. The van der Waals surface area contributed by atoms with Gasteiger partial charge in [-0.05, 0) is 55.3 Å². The summed E-state index contributed by atoms with van der Waals surface area (Å²) in [4.78, 5) is 27.4. The Balaban J connectivity index is 1.88. The van der Waals surface area contributed by atoms with Crippen molar-refractivity contribution in [1.82, 2.24) is 10.2 Å². The number of methoxy groups -OCH3 is 1. The average Bonchev–Trinajstić information content (AvgIpc) is 2.79. The van der Waals surface area contributed by atoms with E-state index in [4.69, 9.17) is 9.47 Å². The molecule has 0 saturated carbocycles. The van der Waals surface area contributed by atoms with Crippen LogP contribution < -0.4 is 15.4 Å². The van der Waals surface area contributed by atoms with Crippen LogP contribution in [0.2, 0.25) is 0 Å². The number of rotatable bonds is 3. The highest BCUT2D eigenvalue weighted by atomic mass is 19.1. The molecular weight excluding hydrogens is 413 g/mol. The van der Waals surface area contributed by atoms with Gasteiger partial charge in [-0.3, -0.25) is 9.59 Å². The number of nitrogens with zero attached hydrogens (tertiary/aromatic N) is 1. The molecule has 0 spiro atoms. The molecule has 0 aliphatic carbocycles. The summed E-state index contributed by atoms with van der Waals surface area (Å²) in [5.74, 6) is -0.408. The third-order valence-electron chi connectivity index (χ3n) is 5.59. The summed E-state index contributed by atoms with van der Waals surface area (Å²) in [5.41, 5.74) is 1.11. The number of amides is 2. The van der Waals surface area contributed by atoms with E-state index >= 15 is 0 Å². The molecule has 0 saturated heterocycles. The predicted octanol–water partition coefficient (Wildman–Crippen LogP) is 3.17. The van der Waals surface area contributed by atoms with Crippen LogP contribution in [0.25, 0.3) is 0 Å². The summed E-state index contributed by atoms with van der Waals surface area (Å²) in [7, 11) is 3.37. The Morgan fingerprint density at radius 3 is 2.62 bits per heavy atom. The van der Waals surface area contributed by atoms with Crippen LogP contribution in [0.15, 0.2) is 42.5 Å². The Morgan fingerprint density at radius 1 is 1.22 bits per heavy atom. The summed E-state index contributed by atoms with van der Waals surface area (Å²) in [6, 6.07) is 10.3. The van der Waals surface area contributed by atoms with Crippen LogP contribution in [-0.2, 0) is 4.74 Å². The van der Waals surface area contributed by atoms with Gasteiger partial charge in [0.05, 0.1) is 11.7 Å². The number of hydrogen-bond donors (Lipinski definition) is 2. The average molecular weight is 444 g/mol. The summed E-state index contributed by atoms with van der Waals surface area (Å²) in [6.07, 6.45) is -0.131. The van der Waals surface area contributed by atoms with Crippen molar-refractivity contribution in [3.8, 4) is 5.75 Å². The van der Waals surface area contributed by atoms with E-state index in [0.29, 0.717) is 35.7 Å². The SMILES string of the molecule is CO[C@H]1CN(C)C(=O)c2cc(NC(=O)c3ccc(F)cc3)ccc2OC[C@H](C)NC[C@@H]1C. The van der Waals surface area contributed by atoms with E-state index in [1.165, 1.54) is 24.3 Å². The van der Waals surface area contributed by atoms with Gasteiger partial charge in [0, 0.05) is 44.5 Å². The van der Waals surface area contributed by atoms with E-state index < -0.39 is 11.7 Å². The van der Waals surface area contributed by atoms with E-state index in [1.807, 2.05) is 6.92 Å². The molecule has 0 unspecified atom stereocenters. The van der Waals surface area contributed by atoms with E-state index in [1.54, 1.807) is 37.3 Å². The van der Waals surface area contributed by atoms with E-state index in [-0.39, 0.29) is 24.0 Å². The first-order valence-corrected chi connectivity index (χ1v) is 10.6. The summed E-state index contributed by atoms with van der Waals surface area (Å²) >= 11 is 0. The van der Waals surface area contributed by atoms with Crippen molar-refractivity contribution in [2.75, 3.05) is 39.2 Å². The Labute approximate surface area is 187 Å². The maximum Gasteiger partial charge on any atom is 0.257 e. The first-order chi connectivity index (χ1) is 15.3. The Kier molecular flexibility index (Phi) is 7.82. The number of nitrogens with one attached hydrogen (secondary N) is 2. The second-order valence-corrected chi connectivity index (χ2v) is 8.23. The quantitative estimate of drug-likeness (QED) is 0.762. The predicted molar refractivity (Wildman–Crippen MR) is 121 cm³/mol. The van der Waals surface area contributed by atoms with Crippen molar-refractivity contribution in [3.63, 3.8) is 0 Å². The fraction of sp³-hybridized carbons (Fsp3) is 0.417. The first kappa shape index (κ1) is 23.7. The molecule has 0 fully saturated rings. The molecule has 2 aromatic rings. The molecule has 8 heteroatoms. The highest BCUT2D eigenvalue weighted by molar-refractivity contribution is 6.05. The lowest BCUT2D eigenvalue weighted by atomic mass is 10.0. The second kappa shape index (κ2) is 10.6. The van der Waals surface area contributed by atoms with Crippen molar-refractivity contribution in [2.45, 2.75) is 26.0 Å². The monoisotopic (exact) mass is 443 g/mol. The maximum absolute atomic E-state index is 13.3. The molecule has 0 aromatic heterocycles. The molecule has 2 amide bonds. The van der Waals surface area contributed by atoms with Gasteiger partial charge in [0.2, 0.25) is 0 Å². The van der Waals surface area contributed by atoms with Crippen LogP contribution >= 0.6 is 0 Å². The maximum atomic E-state index is 13.3. The molecule has 1 aliphatic heterocycles. The number of carbonyl (C=O) groups is 2. The van der Waals surface area contributed by atoms with E-state index in [9.17, 15) is 14.0 Å². The second-order valence-electron chi connectivity index (χ2n) is 8.23. The largest absolute Gasteiger partial charge is 0.491 e. The topological polar surface area (TPSA) is 79.9 Å². The van der Waals surface area contributed by atoms with Gasteiger partial charge in [-0.15, -0.1) is 0 Å². The molecule has 1 aliphatic rings. The number of fused-ring (bicyclic) bond motifs is 1. The van der Waals surface area contributed by atoms with Gasteiger partial charge in [0.1, 0.15) is 18.2 Å². The van der Waals surface area contributed by atoms with Crippen LogP contribution in [0.3, 0.4) is 0 Å². The first-order valence-electron chi connectivity index (χ1n) is 10.6. The zero-order valence-electron chi connectivity index (χ0n) is 18.9.